The minimum absolute atomic E-state index is 0. The number of piperidine rings is 1. The van der Waals surface area contributed by atoms with Crippen molar-refractivity contribution >= 4 is 0 Å². The average Bonchev–Trinajstić information content (AvgIpc) is 1.87. The molecule has 2 fully saturated rings. The summed E-state index contributed by atoms with van der Waals surface area (Å²) < 4.78 is 5.17. The van der Waals surface area contributed by atoms with Gasteiger partial charge in [-0.2, -0.15) is 0 Å². The van der Waals surface area contributed by atoms with E-state index in [2.05, 4.69) is 5.32 Å². The molecular formula is C7H12NOV-. The van der Waals surface area contributed by atoms with Gasteiger partial charge in [0.2, 0.25) is 0 Å². The molecule has 10 heavy (non-hydrogen) atoms. The van der Waals surface area contributed by atoms with E-state index in [1.54, 1.807) is 0 Å². The van der Waals surface area contributed by atoms with Crippen LogP contribution in [0.3, 0.4) is 0 Å². The van der Waals surface area contributed by atoms with Crippen molar-refractivity contribution in [3.63, 3.8) is 0 Å². The molecule has 1 spiro atoms. The van der Waals surface area contributed by atoms with Crippen molar-refractivity contribution in [2.45, 2.75) is 12.8 Å². The predicted octanol–water partition coefficient (Wildman–Crippen LogP) is 1.17. The molecule has 2 aliphatic rings. The Morgan fingerprint density at radius 2 is 1.70 bits per heavy atom. The molecule has 0 aromatic heterocycles. The Morgan fingerprint density at radius 3 is 2.00 bits per heavy atom. The summed E-state index contributed by atoms with van der Waals surface area (Å²) in [5.74, 6) is 0. The third-order valence-corrected chi connectivity index (χ3v) is 2.42. The van der Waals surface area contributed by atoms with Crippen molar-refractivity contribution in [2.24, 2.45) is 5.41 Å². The molecule has 0 unspecified atom stereocenters. The van der Waals surface area contributed by atoms with Crippen molar-refractivity contribution < 1.29 is 23.3 Å². The molecule has 1 radical (unpaired) electrons. The van der Waals surface area contributed by atoms with Gasteiger partial charge in [0.05, 0.1) is 13.2 Å². The van der Waals surface area contributed by atoms with Gasteiger partial charge in [-0.3, -0.25) is 0 Å². The van der Waals surface area contributed by atoms with Crippen LogP contribution in [0.25, 0.3) is 5.32 Å². The Morgan fingerprint density at radius 1 is 1.10 bits per heavy atom. The fourth-order valence-corrected chi connectivity index (χ4v) is 1.55. The van der Waals surface area contributed by atoms with Crippen molar-refractivity contribution in [1.82, 2.24) is 0 Å². The first-order valence-corrected chi connectivity index (χ1v) is 3.62. The number of rotatable bonds is 0. The van der Waals surface area contributed by atoms with Crippen molar-refractivity contribution in [3.05, 3.63) is 5.32 Å². The topological polar surface area (TPSA) is 23.3 Å². The van der Waals surface area contributed by atoms with Crippen LogP contribution < -0.4 is 0 Å². The Bertz CT molecular complexity index is 106. The molecule has 3 heteroatoms. The van der Waals surface area contributed by atoms with E-state index in [1.807, 2.05) is 0 Å². The number of hydrogen-bond donors (Lipinski definition) is 0. The van der Waals surface area contributed by atoms with Crippen LogP contribution in [0.15, 0.2) is 0 Å². The van der Waals surface area contributed by atoms with Gasteiger partial charge in [0.25, 0.3) is 0 Å². The molecular weight excluding hydrogens is 165 g/mol. The smallest absolute Gasteiger partial charge is 0.0543 e. The van der Waals surface area contributed by atoms with Gasteiger partial charge in [-0.15, -0.1) is 13.1 Å². The van der Waals surface area contributed by atoms with E-state index in [-0.39, 0.29) is 18.6 Å². The molecule has 0 aromatic rings. The molecule has 0 aliphatic carbocycles. The Kier molecular flexibility index (Phi) is 2.81. The summed E-state index contributed by atoms with van der Waals surface area (Å²) in [6.45, 7) is 4.15. The first-order chi connectivity index (χ1) is 4.41. The SMILES string of the molecule is C1CC2(CC[N-]1)COC2.[V]. The van der Waals surface area contributed by atoms with Gasteiger partial charge >= 0.3 is 0 Å². The molecule has 2 aliphatic heterocycles. The van der Waals surface area contributed by atoms with Crippen molar-refractivity contribution in [1.29, 1.82) is 0 Å². The molecule has 0 amide bonds. The summed E-state index contributed by atoms with van der Waals surface area (Å²) in [6.07, 6.45) is 2.54. The fraction of sp³-hybridized carbons (Fsp3) is 1.00. The van der Waals surface area contributed by atoms with Crippen molar-refractivity contribution in [3.8, 4) is 0 Å². The van der Waals surface area contributed by atoms with E-state index >= 15 is 0 Å². The zero-order chi connectivity index (χ0) is 6.16. The molecule has 0 saturated carbocycles. The van der Waals surface area contributed by atoms with Crippen LogP contribution in [-0.4, -0.2) is 26.3 Å². The van der Waals surface area contributed by atoms with E-state index in [0.717, 1.165) is 26.3 Å². The zero-order valence-corrected chi connectivity index (χ0v) is 7.44. The van der Waals surface area contributed by atoms with E-state index in [0.29, 0.717) is 5.41 Å². The average molecular weight is 177 g/mol. The Balaban J connectivity index is 0.000000500. The molecule has 2 rings (SSSR count). The van der Waals surface area contributed by atoms with Crippen LogP contribution in [0.1, 0.15) is 12.8 Å². The quantitative estimate of drug-likeness (QED) is 0.544. The largest absolute Gasteiger partial charge is 0.662 e. The maximum atomic E-state index is 5.17. The third kappa shape index (κ3) is 1.40. The van der Waals surface area contributed by atoms with Gasteiger partial charge in [0.1, 0.15) is 0 Å². The number of hydrogen-bond acceptors (Lipinski definition) is 1. The molecule has 0 atom stereocenters. The van der Waals surface area contributed by atoms with E-state index in [9.17, 15) is 0 Å². The zero-order valence-electron chi connectivity index (χ0n) is 6.05. The Hall–Kier alpha value is 0.504. The molecule has 0 aromatic carbocycles. The predicted molar refractivity (Wildman–Crippen MR) is 35.6 cm³/mol. The number of ether oxygens (including phenoxy) is 1. The van der Waals surface area contributed by atoms with Crippen LogP contribution in [-0.2, 0) is 23.3 Å². The number of nitrogens with zero attached hydrogens (tertiary/aromatic N) is 1. The van der Waals surface area contributed by atoms with Crippen LogP contribution in [0.4, 0.5) is 0 Å². The van der Waals surface area contributed by atoms with Crippen LogP contribution in [0, 0.1) is 5.41 Å². The second-order valence-electron chi connectivity index (χ2n) is 3.16. The maximum Gasteiger partial charge on any atom is 0.0543 e. The first kappa shape index (κ1) is 8.60. The fourth-order valence-electron chi connectivity index (χ4n) is 1.55. The normalized spacial score (nSPS) is 28.8. The van der Waals surface area contributed by atoms with Gasteiger partial charge in [-0.25, -0.2) is 0 Å². The summed E-state index contributed by atoms with van der Waals surface area (Å²) in [4.78, 5) is 0. The summed E-state index contributed by atoms with van der Waals surface area (Å²) in [6, 6.07) is 0. The van der Waals surface area contributed by atoms with Crippen LogP contribution in [0.2, 0.25) is 0 Å². The summed E-state index contributed by atoms with van der Waals surface area (Å²) in [5.41, 5.74) is 0.585. The van der Waals surface area contributed by atoms with E-state index in [4.69, 9.17) is 4.74 Å². The van der Waals surface area contributed by atoms with Gasteiger partial charge in [-0.05, 0) is 0 Å². The maximum absolute atomic E-state index is 5.17. The van der Waals surface area contributed by atoms with Gasteiger partial charge in [0.15, 0.2) is 0 Å². The van der Waals surface area contributed by atoms with Gasteiger partial charge in [0, 0.05) is 24.0 Å². The summed E-state index contributed by atoms with van der Waals surface area (Å²) >= 11 is 0. The van der Waals surface area contributed by atoms with Gasteiger partial charge < -0.3 is 10.1 Å². The second kappa shape index (κ2) is 3.27. The summed E-state index contributed by atoms with van der Waals surface area (Å²) in [7, 11) is 0. The molecule has 57 valence electrons. The van der Waals surface area contributed by atoms with Crippen LogP contribution in [0.5, 0.6) is 0 Å². The molecule has 0 N–H and O–H groups in total. The monoisotopic (exact) mass is 177 g/mol. The first-order valence-electron chi connectivity index (χ1n) is 3.62. The minimum atomic E-state index is 0. The van der Waals surface area contributed by atoms with Crippen LogP contribution >= 0.6 is 0 Å². The van der Waals surface area contributed by atoms with E-state index in [1.165, 1.54) is 12.8 Å². The molecule has 2 saturated heterocycles. The van der Waals surface area contributed by atoms with Crippen molar-refractivity contribution in [2.75, 3.05) is 26.3 Å². The minimum Gasteiger partial charge on any atom is -0.662 e. The Labute approximate surface area is 73.6 Å². The third-order valence-electron chi connectivity index (χ3n) is 2.42. The molecule has 0 bridgehead atoms. The standard InChI is InChI=1S/C7H12NO.V/c1-3-8-4-2-7(1)5-9-6-7;/h1-6H2;/q-1;. The summed E-state index contributed by atoms with van der Waals surface area (Å²) in [5, 5.41) is 4.30. The van der Waals surface area contributed by atoms with Gasteiger partial charge in [-0.1, -0.05) is 12.8 Å². The molecule has 2 nitrogen and oxygen atoms in total. The second-order valence-corrected chi connectivity index (χ2v) is 3.16. The molecule has 2 heterocycles. The van der Waals surface area contributed by atoms with E-state index < -0.39 is 0 Å².